The molecule has 1 unspecified atom stereocenters. The number of aldehydes is 1. The summed E-state index contributed by atoms with van der Waals surface area (Å²) in [6, 6.07) is 6.31. The molecule has 1 aliphatic rings. The Morgan fingerprint density at radius 1 is 1.21 bits per heavy atom. The molecule has 0 saturated carbocycles. The fraction of sp³-hybridized carbons (Fsp3) is 0.471. The molecule has 0 aliphatic carbocycles. The number of hydrogen-bond donors (Lipinski definition) is 1. The van der Waals surface area contributed by atoms with Gasteiger partial charge in [-0.05, 0) is 26.3 Å². The molecule has 1 N–H and O–H groups in total. The maximum absolute atomic E-state index is 12.5. The second kappa shape index (κ2) is 6.90. The van der Waals surface area contributed by atoms with Crippen LogP contribution in [0.5, 0.6) is 0 Å². The number of carbonyl (C=O) groups is 3. The van der Waals surface area contributed by atoms with Crippen molar-refractivity contribution in [2.24, 2.45) is 0 Å². The van der Waals surface area contributed by atoms with E-state index in [2.05, 4.69) is 0 Å². The Labute approximate surface area is 140 Å². The lowest BCUT2D eigenvalue weighted by Gasteiger charge is -2.40. The molecule has 1 heterocycles. The molecule has 0 bridgehead atoms. The fourth-order valence-electron chi connectivity index (χ4n) is 2.58. The van der Waals surface area contributed by atoms with E-state index in [1.807, 2.05) is 0 Å². The second-order valence-corrected chi connectivity index (χ2v) is 6.70. The van der Waals surface area contributed by atoms with E-state index >= 15 is 0 Å². The van der Waals surface area contributed by atoms with Crippen LogP contribution in [0.15, 0.2) is 24.3 Å². The van der Waals surface area contributed by atoms with Crippen molar-refractivity contribution in [3.05, 3.63) is 35.4 Å². The first-order valence-electron chi connectivity index (χ1n) is 7.74. The van der Waals surface area contributed by atoms with Crippen LogP contribution >= 0.6 is 0 Å². The zero-order chi connectivity index (χ0) is 17.9. The van der Waals surface area contributed by atoms with Crippen LogP contribution in [0.2, 0.25) is 0 Å². The van der Waals surface area contributed by atoms with E-state index in [0.29, 0.717) is 5.56 Å². The van der Waals surface area contributed by atoms with Crippen LogP contribution in [0.1, 0.15) is 42.7 Å². The minimum absolute atomic E-state index is 0.162. The smallest absolute Gasteiger partial charge is 0.410 e. The van der Waals surface area contributed by atoms with Gasteiger partial charge in [-0.15, -0.1) is 0 Å². The standard InChI is InChI=1S/C17H22N2O5/c1-17(2,3)24-16(23)19-9-8-18(15(21)22)10-14(19)13-6-4-12(11-20)5-7-13/h4-7,11,14H,8-10H2,1-3H3,(H,21,22). The Morgan fingerprint density at radius 3 is 2.33 bits per heavy atom. The third kappa shape index (κ3) is 4.24. The van der Waals surface area contributed by atoms with Crippen molar-refractivity contribution in [3.8, 4) is 0 Å². The number of benzene rings is 1. The quantitative estimate of drug-likeness (QED) is 0.840. The van der Waals surface area contributed by atoms with Gasteiger partial charge in [-0.3, -0.25) is 9.69 Å². The number of amides is 2. The first-order chi connectivity index (χ1) is 11.2. The zero-order valence-electron chi connectivity index (χ0n) is 14.1. The van der Waals surface area contributed by atoms with Gasteiger partial charge in [0.25, 0.3) is 0 Å². The summed E-state index contributed by atoms with van der Waals surface area (Å²) in [6.45, 7) is 6.00. The van der Waals surface area contributed by atoms with Crippen LogP contribution in [-0.4, -0.2) is 58.6 Å². The highest BCUT2D eigenvalue weighted by Crippen LogP contribution is 2.27. The normalized spacial score (nSPS) is 18.2. The Balaban J connectivity index is 2.28. The first kappa shape index (κ1) is 17.8. The number of hydrogen-bond acceptors (Lipinski definition) is 4. The van der Waals surface area contributed by atoms with Crippen LogP contribution in [0, 0.1) is 0 Å². The lowest BCUT2D eigenvalue weighted by Crippen LogP contribution is -2.53. The van der Waals surface area contributed by atoms with Crippen molar-refractivity contribution in [1.29, 1.82) is 0 Å². The number of nitrogens with zero attached hydrogens (tertiary/aromatic N) is 2. The molecule has 1 fully saturated rings. The molecular formula is C17H22N2O5. The number of piperazine rings is 1. The van der Waals surface area contributed by atoms with Gasteiger partial charge in [0, 0.05) is 25.2 Å². The second-order valence-electron chi connectivity index (χ2n) is 6.70. The third-order valence-electron chi connectivity index (χ3n) is 3.74. The lowest BCUT2D eigenvalue weighted by atomic mass is 10.0. The monoisotopic (exact) mass is 334 g/mol. The van der Waals surface area contributed by atoms with Gasteiger partial charge >= 0.3 is 12.2 Å². The molecule has 24 heavy (non-hydrogen) atoms. The van der Waals surface area contributed by atoms with Gasteiger partial charge in [0.15, 0.2) is 0 Å². The van der Waals surface area contributed by atoms with E-state index in [1.54, 1.807) is 49.9 Å². The molecule has 1 aliphatic heterocycles. The lowest BCUT2D eigenvalue weighted by molar-refractivity contribution is -0.000599. The average Bonchev–Trinajstić information content (AvgIpc) is 2.52. The van der Waals surface area contributed by atoms with Crippen LogP contribution in [0.25, 0.3) is 0 Å². The summed E-state index contributed by atoms with van der Waals surface area (Å²) in [5.41, 5.74) is 0.651. The van der Waals surface area contributed by atoms with Gasteiger partial charge in [0.05, 0.1) is 6.04 Å². The first-order valence-corrected chi connectivity index (χ1v) is 7.74. The Hall–Kier alpha value is -2.57. The SMILES string of the molecule is CC(C)(C)OC(=O)N1CCN(C(=O)O)CC1c1ccc(C=O)cc1. The summed E-state index contributed by atoms with van der Waals surface area (Å²) in [4.78, 5) is 37.4. The molecule has 0 radical (unpaired) electrons. The topological polar surface area (TPSA) is 87.2 Å². The molecule has 0 spiro atoms. The highest BCUT2D eigenvalue weighted by atomic mass is 16.6. The molecule has 130 valence electrons. The zero-order valence-corrected chi connectivity index (χ0v) is 14.1. The highest BCUT2D eigenvalue weighted by Gasteiger charge is 2.35. The van der Waals surface area contributed by atoms with Crippen LogP contribution < -0.4 is 0 Å². The molecule has 1 aromatic carbocycles. The van der Waals surface area contributed by atoms with E-state index in [9.17, 15) is 19.5 Å². The summed E-state index contributed by atoms with van der Waals surface area (Å²) in [6.07, 6.45) is -0.759. The molecule has 7 heteroatoms. The Morgan fingerprint density at radius 2 is 1.83 bits per heavy atom. The van der Waals surface area contributed by atoms with Crippen molar-refractivity contribution in [2.75, 3.05) is 19.6 Å². The molecule has 1 atom stereocenters. The fourth-order valence-corrected chi connectivity index (χ4v) is 2.58. The number of carboxylic acid groups (broad SMARTS) is 1. The largest absolute Gasteiger partial charge is 0.465 e. The average molecular weight is 334 g/mol. The minimum Gasteiger partial charge on any atom is -0.465 e. The molecular weight excluding hydrogens is 312 g/mol. The summed E-state index contributed by atoms with van der Waals surface area (Å²) in [5.74, 6) is 0. The van der Waals surface area contributed by atoms with E-state index < -0.39 is 23.8 Å². The molecule has 1 aromatic rings. The van der Waals surface area contributed by atoms with Gasteiger partial charge in [-0.25, -0.2) is 9.59 Å². The Kier molecular flexibility index (Phi) is 5.11. The van der Waals surface area contributed by atoms with Gasteiger partial charge in [-0.2, -0.15) is 0 Å². The summed E-state index contributed by atoms with van der Waals surface area (Å²) >= 11 is 0. The number of ether oxygens (including phenoxy) is 1. The maximum atomic E-state index is 12.5. The summed E-state index contributed by atoms with van der Waals surface area (Å²) < 4.78 is 5.43. The van der Waals surface area contributed by atoms with Crippen molar-refractivity contribution in [1.82, 2.24) is 9.80 Å². The summed E-state index contributed by atoms with van der Waals surface area (Å²) in [5, 5.41) is 9.24. The van der Waals surface area contributed by atoms with Crippen molar-refractivity contribution < 1.29 is 24.2 Å². The molecule has 7 nitrogen and oxygen atoms in total. The van der Waals surface area contributed by atoms with Crippen LogP contribution in [0.4, 0.5) is 9.59 Å². The van der Waals surface area contributed by atoms with Crippen molar-refractivity contribution in [3.63, 3.8) is 0 Å². The molecule has 0 aromatic heterocycles. The predicted octanol–water partition coefficient (Wildman–Crippen LogP) is 2.77. The van der Waals surface area contributed by atoms with Gasteiger partial charge in [0.2, 0.25) is 0 Å². The molecule has 2 amide bonds. The summed E-state index contributed by atoms with van der Waals surface area (Å²) in [7, 11) is 0. The van der Waals surface area contributed by atoms with E-state index in [0.717, 1.165) is 11.8 Å². The van der Waals surface area contributed by atoms with E-state index in [4.69, 9.17) is 4.74 Å². The maximum Gasteiger partial charge on any atom is 0.410 e. The molecule has 1 saturated heterocycles. The third-order valence-corrected chi connectivity index (χ3v) is 3.74. The van der Waals surface area contributed by atoms with Gasteiger partial charge in [0.1, 0.15) is 11.9 Å². The van der Waals surface area contributed by atoms with Crippen LogP contribution in [0.3, 0.4) is 0 Å². The van der Waals surface area contributed by atoms with E-state index in [1.165, 1.54) is 4.90 Å². The van der Waals surface area contributed by atoms with Crippen LogP contribution in [-0.2, 0) is 4.74 Å². The number of rotatable bonds is 2. The van der Waals surface area contributed by atoms with Gasteiger partial charge in [-0.1, -0.05) is 24.3 Å². The molecule has 2 rings (SSSR count). The van der Waals surface area contributed by atoms with Gasteiger partial charge < -0.3 is 14.7 Å². The predicted molar refractivity (Wildman–Crippen MR) is 87.1 cm³/mol. The van der Waals surface area contributed by atoms with Crippen molar-refractivity contribution >= 4 is 18.5 Å². The minimum atomic E-state index is -1.02. The highest BCUT2D eigenvalue weighted by molar-refractivity contribution is 5.75. The number of carbonyl (C=O) groups excluding carboxylic acids is 2. The Bertz CT molecular complexity index is 621. The van der Waals surface area contributed by atoms with E-state index in [-0.39, 0.29) is 19.6 Å². The van der Waals surface area contributed by atoms with Crippen molar-refractivity contribution in [2.45, 2.75) is 32.4 Å².